The van der Waals surface area contributed by atoms with E-state index < -0.39 is 18.4 Å². The predicted molar refractivity (Wildman–Crippen MR) is 37.9 cm³/mol. The summed E-state index contributed by atoms with van der Waals surface area (Å²) in [5, 5.41) is 8.47. The summed E-state index contributed by atoms with van der Waals surface area (Å²) in [7, 11) is 0. The summed E-state index contributed by atoms with van der Waals surface area (Å²) in [5.74, 6) is -1.19. The van der Waals surface area contributed by atoms with E-state index in [9.17, 15) is 4.79 Å². The van der Waals surface area contributed by atoms with Gasteiger partial charge in [0.25, 0.3) is 0 Å². The van der Waals surface area contributed by atoms with Crippen molar-refractivity contribution in [1.82, 2.24) is 9.97 Å². The zero-order valence-corrected chi connectivity index (χ0v) is 5.69. The van der Waals surface area contributed by atoms with E-state index in [4.69, 9.17) is 12.2 Å². The number of aliphatic carboxylic acids is 1. The third-order valence-electron chi connectivity index (χ3n) is 1.16. The summed E-state index contributed by atoms with van der Waals surface area (Å²) >= 11 is 0. The zero-order valence-electron chi connectivity index (χ0n) is 6.69. The Bertz CT molecular complexity index is 262. The maximum Gasteiger partial charge on any atom is 0.320 e. The van der Waals surface area contributed by atoms with Crippen molar-refractivity contribution in [2.24, 2.45) is 5.73 Å². The number of nitrogens with one attached hydrogen (secondary N) is 1. The maximum absolute atomic E-state index is 10.4. The Kier molecular flexibility index (Phi) is 1.82. The Hall–Kier alpha value is -1.36. The SMILES string of the molecule is [2H][13CH](c1[13cH][15n][13cH][15nH]1)[C@H]([15NH2])C(=O)O. The zero-order chi connectivity index (χ0) is 9.14. The van der Waals surface area contributed by atoms with Crippen LogP contribution in [0.1, 0.15) is 7.06 Å². The van der Waals surface area contributed by atoms with Crippen LogP contribution in [0.5, 0.6) is 0 Å². The first-order chi connectivity index (χ1) is 5.63. The molecule has 11 heavy (non-hydrogen) atoms. The van der Waals surface area contributed by atoms with Gasteiger partial charge in [0.1, 0.15) is 6.04 Å². The predicted octanol–water partition coefficient (Wildman–Crippen LogP) is -0.636. The van der Waals surface area contributed by atoms with Gasteiger partial charge in [0.05, 0.1) is 6.33 Å². The third kappa shape index (κ3) is 2.05. The van der Waals surface area contributed by atoms with Crippen LogP contribution in [-0.4, -0.2) is 27.1 Å². The summed E-state index contributed by atoms with van der Waals surface area (Å²) in [6, 6.07) is -1.22. The highest BCUT2D eigenvalue weighted by molar-refractivity contribution is 5.73. The molecule has 0 bridgehead atoms. The van der Waals surface area contributed by atoms with E-state index in [1.807, 2.05) is 0 Å². The van der Waals surface area contributed by atoms with Crippen molar-refractivity contribution in [2.75, 3.05) is 0 Å². The van der Waals surface area contributed by atoms with E-state index in [0.29, 0.717) is 5.69 Å². The minimum Gasteiger partial charge on any atom is -0.480 e. The Balaban J connectivity index is 2.71. The van der Waals surface area contributed by atoms with E-state index in [1.54, 1.807) is 0 Å². The summed E-state index contributed by atoms with van der Waals surface area (Å²) in [6.45, 7) is 0. The van der Waals surface area contributed by atoms with E-state index in [0.717, 1.165) is 0 Å². The second kappa shape index (κ2) is 3.16. The molecule has 0 amide bonds. The van der Waals surface area contributed by atoms with Gasteiger partial charge in [0.2, 0.25) is 0 Å². The fourth-order valence-corrected chi connectivity index (χ4v) is 0.623. The number of H-pyrrole nitrogens is 1. The van der Waals surface area contributed by atoms with Crippen LogP contribution in [0, 0.1) is 0 Å². The first-order valence-electron chi connectivity index (χ1n) is 3.59. The molecule has 1 rings (SSSR count). The van der Waals surface area contributed by atoms with Crippen LogP contribution in [0.25, 0.3) is 0 Å². The molecule has 1 heterocycles. The monoisotopic (exact) mass is 162 g/mol. The van der Waals surface area contributed by atoms with Gasteiger partial charge in [-0.2, -0.15) is 0 Å². The Morgan fingerprint density at radius 2 is 2.82 bits per heavy atom. The molecule has 5 nitrogen and oxygen atoms in total. The van der Waals surface area contributed by atoms with Gasteiger partial charge in [-0.15, -0.1) is 0 Å². The van der Waals surface area contributed by atoms with Crippen LogP contribution in [-0.2, 0) is 11.2 Å². The first-order valence-corrected chi connectivity index (χ1v) is 3.02. The number of hydrogen-bond donors (Lipinski definition) is 3. The second-order valence-electron chi connectivity index (χ2n) is 2.04. The van der Waals surface area contributed by atoms with E-state index >= 15 is 0 Å². The number of imidazole rings is 1. The van der Waals surface area contributed by atoms with Crippen molar-refractivity contribution in [3.63, 3.8) is 0 Å². The molecule has 4 N–H and O–H groups in total. The number of aromatic nitrogens is 2. The molecule has 5 heteroatoms. The van der Waals surface area contributed by atoms with Gasteiger partial charge in [-0.3, -0.25) is 4.79 Å². The number of rotatable bonds is 3. The van der Waals surface area contributed by atoms with E-state index in [2.05, 4.69) is 9.97 Å². The summed E-state index contributed by atoms with van der Waals surface area (Å²) in [6.07, 6.45) is 1.77. The van der Waals surface area contributed by atoms with Crippen molar-refractivity contribution >= 4 is 5.97 Å². The van der Waals surface area contributed by atoms with E-state index in [1.165, 1.54) is 12.5 Å². The lowest BCUT2D eigenvalue weighted by Gasteiger charge is -2.02. The Morgan fingerprint density at radius 3 is 3.27 bits per heavy atom. The topological polar surface area (TPSA) is 92.0 Å². The Morgan fingerprint density at radius 1 is 2.09 bits per heavy atom. The average molecular weight is 162 g/mol. The lowest BCUT2D eigenvalue weighted by Crippen LogP contribution is -2.32. The largest absolute Gasteiger partial charge is 0.480 e. The molecule has 0 aliphatic rings. The summed E-state index contributed by atoms with van der Waals surface area (Å²) < 4.78 is 7.39. The van der Waals surface area contributed by atoms with Crippen LogP contribution in [0.3, 0.4) is 0 Å². The van der Waals surface area contributed by atoms with Crippen LogP contribution in [0.2, 0.25) is 0 Å². The van der Waals surface area contributed by atoms with Crippen molar-refractivity contribution in [1.29, 1.82) is 0 Å². The Labute approximate surface area is 64.7 Å². The summed E-state index contributed by atoms with van der Waals surface area (Å²) in [4.78, 5) is 16.6. The van der Waals surface area contributed by atoms with Gasteiger partial charge >= 0.3 is 5.97 Å². The average Bonchev–Trinajstić information content (AvgIpc) is 2.53. The van der Waals surface area contributed by atoms with E-state index in [-0.39, 0.29) is 0 Å². The van der Waals surface area contributed by atoms with Crippen LogP contribution < -0.4 is 5.73 Å². The molecule has 0 spiro atoms. The molecule has 0 radical (unpaired) electrons. The van der Waals surface area contributed by atoms with Gasteiger partial charge < -0.3 is 15.8 Å². The number of nitrogens with zero attached hydrogens (tertiary/aromatic N) is 1. The number of hydrogen-bond acceptors (Lipinski definition) is 3. The third-order valence-corrected chi connectivity index (χ3v) is 1.16. The standard InChI is InChI=1S/C6H9N3O2/c7-5(6(10)11)1-4-2-8-3-9-4/h2-3,5H,1,7H2,(H,8,9)(H,10,11)/t5-/m0/s1/i1+1D,2+1,3+1,7+1,8+1,9+1/t1?,5-. The van der Waals surface area contributed by atoms with Crippen LogP contribution in [0.15, 0.2) is 12.5 Å². The number of carboxylic acid groups (broad SMARTS) is 1. The summed E-state index contributed by atoms with van der Waals surface area (Å²) in [5.41, 5.74) is 5.62. The molecular weight excluding hydrogens is 152 g/mol. The molecule has 1 aromatic heterocycles. The normalized spacial score (nSPS) is 17.0. The quantitative estimate of drug-likeness (QED) is 0.407. The van der Waals surface area contributed by atoms with Gasteiger partial charge in [-0.1, -0.05) is 0 Å². The second-order valence-corrected chi connectivity index (χ2v) is 2.04. The molecule has 60 valence electrons. The molecule has 0 saturated heterocycles. The molecular formula is C6H9N3O2. The highest BCUT2D eigenvalue weighted by atomic mass is 16.4. The first kappa shape index (κ1) is 6.36. The number of carboxylic acids is 1. The van der Waals surface area contributed by atoms with Gasteiger partial charge in [-0.25, -0.2) is 4.98 Å². The fourth-order valence-electron chi connectivity index (χ4n) is 0.623. The molecule has 1 aromatic rings. The highest BCUT2D eigenvalue weighted by Gasteiger charge is 2.11. The van der Waals surface area contributed by atoms with Gasteiger partial charge in [0.15, 0.2) is 0 Å². The van der Waals surface area contributed by atoms with Crippen molar-refractivity contribution in [3.8, 4) is 0 Å². The maximum atomic E-state index is 10.4. The van der Waals surface area contributed by atoms with Crippen LogP contribution >= 0.6 is 0 Å². The number of aromatic amines is 1. The van der Waals surface area contributed by atoms with Gasteiger partial charge in [0, 0.05) is 19.7 Å². The lowest BCUT2D eigenvalue weighted by molar-refractivity contribution is -0.138. The van der Waals surface area contributed by atoms with Crippen LogP contribution in [0.4, 0.5) is 0 Å². The molecule has 0 fully saturated rings. The van der Waals surface area contributed by atoms with Crippen molar-refractivity contribution in [2.45, 2.75) is 12.4 Å². The number of nitrogens with two attached hydrogens (primary N) is 1. The molecule has 0 aliphatic carbocycles. The minimum absolute atomic E-state index is 0.407. The molecule has 1 unspecified atom stereocenters. The number of carbonyl (C=O) groups is 1. The van der Waals surface area contributed by atoms with Crippen molar-refractivity contribution < 1.29 is 11.3 Å². The molecule has 0 aliphatic heterocycles. The smallest absolute Gasteiger partial charge is 0.320 e. The lowest BCUT2D eigenvalue weighted by atomic mass is 10.4. The molecule has 0 saturated carbocycles. The van der Waals surface area contributed by atoms with Crippen molar-refractivity contribution in [3.05, 3.63) is 18.2 Å². The molecule has 2 atom stereocenters. The highest BCUT2D eigenvalue weighted by Crippen LogP contribution is 1.95. The fraction of sp³-hybridized carbons (Fsp3) is 0.333. The van der Waals surface area contributed by atoms with Gasteiger partial charge in [-0.05, 0) is 0 Å². The molecule has 0 aromatic carbocycles. The minimum atomic E-state index is -1.22.